The van der Waals surface area contributed by atoms with Gasteiger partial charge in [-0.15, -0.1) is 17.0 Å². The molecule has 2 atom stereocenters. The Kier molecular flexibility index (Phi) is 4.26. The Morgan fingerprint density at radius 3 is 2.95 bits per heavy atom. The third-order valence-corrected chi connectivity index (χ3v) is 5.25. The predicted octanol–water partition coefficient (Wildman–Crippen LogP) is 3.66. The molecule has 3 heteroatoms. The van der Waals surface area contributed by atoms with E-state index in [4.69, 9.17) is 0 Å². The quantitative estimate of drug-likeness (QED) is 0.851. The highest BCUT2D eigenvalue weighted by molar-refractivity contribution is 8.93. The van der Waals surface area contributed by atoms with Gasteiger partial charge in [0.25, 0.3) is 0 Å². The molecule has 0 amide bonds. The van der Waals surface area contributed by atoms with E-state index in [0.717, 1.165) is 6.42 Å². The number of aromatic hydroxyl groups is 1. The molecule has 0 spiro atoms. The van der Waals surface area contributed by atoms with Crippen LogP contribution in [0.3, 0.4) is 0 Å². The van der Waals surface area contributed by atoms with Gasteiger partial charge >= 0.3 is 0 Å². The molecule has 3 rings (SSSR count). The van der Waals surface area contributed by atoms with Gasteiger partial charge in [0.05, 0.1) is 0 Å². The highest BCUT2D eigenvalue weighted by atomic mass is 79.9. The van der Waals surface area contributed by atoms with Crippen molar-refractivity contribution in [2.75, 3.05) is 13.6 Å². The third kappa shape index (κ3) is 2.21. The van der Waals surface area contributed by atoms with Crippen molar-refractivity contribution in [1.29, 1.82) is 0 Å². The molecule has 106 valence electrons. The lowest BCUT2D eigenvalue weighted by molar-refractivity contribution is 0.0706. The molecule has 1 aliphatic heterocycles. The molecule has 1 N–H and O–H groups in total. The fourth-order valence-electron chi connectivity index (χ4n) is 4.34. The Hall–Kier alpha value is -0.540. The van der Waals surface area contributed by atoms with E-state index in [2.05, 4.69) is 24.9 Å². The summed E-state index contributed by atoms with van der Waals surface area (Å²) in [6.07, 6.45) is 6.15. The summed E-state index contributed by atoms with van der Waals surface area (Å²) in [7, 11) is 2.27. The lowest BCUT2D eigenvalue weighted by Crippen LogP contribution is -2.55. The van der Waals surface area contributed by atoms with Gasteiger partial charge in [0.15, 0.2) is 0 Å². The lowest BCUT2D eigenvalue weighted by atomic mass is 9.61. The molecule has 2 nitrogen and oxygen atoms in total. The minimum absolute atomic E-state index is 0. The van der Waals surface area contributed by atoms with Crippen LogP contribution in [0, 0.1) is 0 Å². The summed E-state index contributed by atoms with van der Waals surface area (Å²) < 4.78 is 0. The molecule has 0 bridgehead atoms. The highest BCUT2D eigenvalue weighted by Gasteiger charge is 2.46. The summed E-state index contributed by atoms with van der Waals surface area (Å²) in [6, 6.07) is 6.66. The summed E-state index contributed by atoms with van der Waals surface area (Å²) in [5.41, 5.74) is 3.16. The SMILES string of the molecule is Br.CC[C@]12CCCN(C)[C@@H]1CCc1ccc(O)cc12. The van der Waals surface area contributed by atoms with Crippen molar-refractivity contribution in [2.24, 2.45) is 0 Å². The molecule has 1 aromatic carbocycles. The zero-order valence-electron chi connectivity index (χ0n) is 11.9. The molecule has 0 saturated carbocycles. The first kappa shape index (κ1) is 14.9. The maximum atomic E-state index is 9.84. The Balaban J connectivity index is 0.00000133. The number of likely N-dealkylation sites (tertiary alicyclic amines) is 1. The van der Waals surface area contributed by atoms with E-state index in [1.165, 1.54) is 43.4 Å². The van der Waals surface area contributed by atoms with Crippen LogP contribution in [0.1, 0.15) is 43.7 Å². The van der Waals surface area contributed by atoms with Crippen LogP contribution in [0.4, 0.5) is 0 Å². The number of rotatable bonds is 1. The molecule has 1 saturated heterocycles. The van der Waals surface area contributed by atoms with Crippen molar-refractivity contribution in [3.8, 4) is 5.75 Å². The minimum atomic E-state index is 0. The van der Waals surface area contributed by atoms with Crippen molar-refractivity contribution in [2.45, 2.75) is 50.5 Å². The molecule has 1 heterocycles. The summed E-state index contributed by atoms with van der Waals surface area (Å²) in [5, 5.41) is 9.84. The summed E-state index contributed by atoms with van der Waals surface area (Å²) in [5.74, 6) is 0.426. The molecule has 0 unspecified atom stereocenters. The monoisotopic (exact) mass is 325 g/mol. The van der Waals surface area contributed by atoms with E-state index in [-0.39, 0.29) is 22.4 Å². The normalized spacial score (nSPS) is 30.1. The van der Waals surface area contributed by atoms with E-state index < -0.39 is 0 Å². The largest absolute Gasteiger partial charge is 0.508 e. The highest BCUT2D eigenvalue weighted by Crippen LogP contribution is 2.48. The average Bonchev–Trinajstić information content (AvgIpc) is 2.39. The molecule has 1 aliphatic carbocycles. The second-order valence-corrected chi connectivity index (χ2v) is 5.99. The van der Waals surface area contributed by atoms with E-state index in [1.807, 2.05) is 12.1 Å². The van der Waals surface area contributed by atoms with Crippen LogP contribution in [0.5, 0.6) is 5.75 Å². The molecule has 1 aromatic rings. The van der Waals surface area contributed by atoms with Gasteiger partial charge in [0.1, 0.15) is 5.75 Å². The maximum Gasteiger partial charge on any atom is 0.115 e. The fraction of sp³-hybridized carbons (Fsp3) is 0.625. The van der Waals surface area contributed by atoms with Crippen LogP contribution in [-0.4, -0.2) is 29.6 Å². The zero-order valence-corrected chi connectivity index (χ0v) is 13.6. The lowest BCUT2D eigenvalue weighted by Gasteiger charge is -2.52. The number of phenols is 1. The molecule has 19 heavy (non-hydrogen) atoms. The van der Waals surface area contributed by atoms with Crippen molar-refractivity contribution >= 4 is 17.0 Å². The number of likely N-dealkylation sites (N-methyl/N-ethyl adjacent to an activating group) is 1. The first-order valence-electron chi connectivity index (χ1n) is 7.20. The molecule has 1 fully saturated rings. The van der Waals surface area contributed by atoms with E-state index in [9.17, 15) is 5.11 Å². The topological polar surface area (TPSA) is 23.5 Å². The number of hydrogen-bond donors (Lipinski definition) is 1. The number of piperidine rings is 1. The van der Waals surface area contributed by atoms with E-state index >= 15 is 0 Å². The van der Waals surface area contributed by atoms with Crippen molar-refractivity contribution < 1.29 is 5.11 Å². The number of phenolic OH excluding ortho intramolecular Hbond substituents is 1. The summed E-state index contributed by atoms with van der Waals surface area (Å²) >= 11 is 0. The first-order chi connectivity index (χ1) is 8.67. The number of hydrogen-bond acceptors (Lipinski definition) is 2. The van der Waals surface area contributed by atoms with Crippen molar-refractivity contribution in [1.82, 2.24) is 4.90 Å². The van der Waals surface area contributed by atoms with Crippen molar-refractivity contribution in [3.63, 3.8) is 0 Å². The minimum Gasteiger partial charge on any atom is -0.508 e. The Bertz CT molecular complexity index is 462. The van der Waals surface area contributed by atoms with Gasteiger partial charge in [-0.25, -0.2) is 0 Å². The predicted molar refractivity (Wildman–Crippen MR) is 84.4 cm³/mol. The Morgan fingerprint density at radius 2 is 2.21 bits per heavy atom. The molecule has 0 radical (unpaired) electrons. The van der Waals surface area contributed by atoms with Crippen LogP contribution < -0.4 is 0 Å². The number of fused-ring (bicyclic) bond motifs is 3. The van der Waals surface area contributed by atoms with Gasteiger partial charge in [0, 0.05) is 11.5 Å². The van der Waals surface area contributed by atoms with Crippen molar-refractivity contribution in [3.05, 3.63) is 29.3 Å². The van der Waals surface area contributed by atoms with Gasteiger partial charge in [-0.1, -0.05) is 13.0 Å². The Morgan fingerprint density at radius 1 is 1.42 bits per heavy atom. The van der Waals surface area contributed by atoms with Gasteiger partial charge < -0.3 is 10.0 Å². The second-order valence-electron chi connectivity index (χ2n) is 5.99. The van der Waals surface area contributed by atoms with Gasteiger partial charge in [-0.3, -0.25) is 0 Å². The van der Waals surface area contributed by atoms with Crippen LogP contribution in [0.25, 0.3) is 0 Å². The van der Waals surface area contributed by atoms with Crippen LogP contribution >= 0.6 is 17.0 Å². The van der Waals surface area contributed by atoms with Crippen LogP contribution in [0.2, 0.25) is 0 Å². The van der Waals surface area contributed by atoms with E-state index in [0.29, 0.717) is 11.8 Å². The maximum absolute atomic E-state index is 9.84. The first-order valence-corrected chi connectivity index (χ1v) is 7.20. The molecule has 0 aromatic heterocycles. The second kappa shape index (κ2) is 5.45. The molecular formula is C16H24BrNO. The van der Waals surface area contributed by atoms with Gasteiger partial charge in [0.2, 0.25) is 0 Å². The van der Waals surface area contributed by atoms with Gasteiger partial charge in [-0.2, -0.15) is 0 Å². The number of halogens is 1. The Labute approximate surface area is 126 Å². The molecular weight excluding hydrogens is 302 g/mol. The number of nitrogens with zero attached hydrogens (tertiary/aromatic N) is 1. The fourth-order valence-corrected chi connectivity index (χ4v) is 4.34. The number of aryl methyl sites for hydroxylation is 1. The smallest absolute Gasteiger partial charge is 0.115 e. The zero-order chi connectivity index (χ0) is 12.8. The number of benzene rings is 1. The van der Waals surface area contributed by atoms with Crippen LogP contribution in [0.15, 0.2) is 18.2 Å². The summed E-state index contributed by atoms with van der Waals surface area (Å²) in [4.78, 5) is 2.54. The summed E-state index contributed by atoms with van der Waals surface area (Å²) in [6.45, 7) is 3.53. The van der Waals surface area contributed by atoms with E-state index in [1.54, 1.807) is 0 Å². The third-order valence-electron chi connectivity index (χ3n) is 5.25. The van der Waals surface area contributed by atoms with Crippen LogP contribution in [-0.2, 0) is 11.8 Å². The standard InChI is InChI=1S/C16H23NO.BrH/c1-3-16-9-4-10-17(2)15(16)8-6-12-5-7-13(18)11-14(12)16;/h5,7,11,15,18H,3-4,6,8-10H2,1-2H3;1H/t15-,16-;/m1./s1. The van der Waals surface area contributed by atoms with Gasteiger partial charge in [-0.05, 0) is 69.0 Å². The average molecular weight is 326 g/mol. The molecule has 2 aliphatic rings.